The predicted molar refractivity (Wildman–Crippen MR) is 47.5 cm³/mol. The fourth-order valence-corrected chi connectivity index (χ4v) is 2.37. The maximum atomic E-state index is 11.3. The Morgan fingerprint density at radius 3 is 2.21 bits per heavy atom. The van der Waals surface area contributed by atoms with E-state index in [4.69, 9.17) is 5.11 Å². The van der Waals surface area contributed by atoms with Crippen LogP contribution >= 0.6 is 0 Å². The van der Waals surface area contributed by atoms with Gasteiger partial charge in [-0.15, -0.1) is 0 Å². The molecule has 0 heterocycles. The van der Waals surface area contributed by atoms with Crippen molar-refractivity contribution in [2.75, 3.05) is 12.9 Å². The molecular weight excluding hydrogens is 212 g/mol. The Bertz CT molecular complexity index is 317. The molecule has 0 aliphatic heterocycles. The van der Waals surface area contributed by atoms with E-state index in [1.54, 1.807) is 0 Å². The van der Waals surface area contributed by atoms with Crippen LogP contribution in [0.3, 0.4) is 0 Å². The Kier molecular flexibility index (Phi) is 4.55. The highest BCUT2D eigenvalue weighted by molar-refractivity contribution is 7.93. The molecule has 82 valence electrons. The average Bonchev–Trinajstić information content (AvgIpc) is 2.02. The number of ether oxygens (including phenoxy) is 1. The lowest BCUT2D eigenvalue weighted by Gasteiger charge is -2.09. The maximum absolute atomic E-state index is 11.3. The zero-order valence-electron chi connectivity index (χ0n) is 7.89. The summed E-state index contributed by atoms with van der Waals surface area (Å²) < 4.78 is 26.7. The third kappa shape index (κ3) is 3.33. The van der Waals surface area contributed by atoms with Gasteiger partial charge in [-0.3, -0.25) is 9.59 Å². The van der Waals surface area contributed by atoms with Crippen molar-refractivity contribution >= 4 is 21.8 Å². The Morgan fingerprint density at radius 2 is 1.93 bits per heavy atom. The van der Waals surface area contributed by atoms with Gasteiger partial charge < -0.3 is 9.84 Å². The Balaban J connectivity index is 4.76. The Labute approximate surface area is 81.8 Å². The van der Waals surface area contributed by atoms with Gasteiger partial charge in [0.2, 0.25) is 0 Å². The lowest BCUT2D eigenvalue weighted by Crippen LogP contribution is -2.34. The molecule has 0 bridgehead atoms. The highest BCUT2D eigenvalue weighted by Crippen LogP contribution is 2.07. The SMILES string of the molecule is CCC(C(=O)O)S(=O)(=O)CC(=O)OC. The van der Waals surface area contributed by atoms with E-state index < -0.39 is 32.8 Å². The lowest BCUT2D eigenvalue weighted by atomic mass is 10.3. The molecule has 0 aromatic heterocycles. The molecule has 0 saturated heterocycles. The van der Waals surface area contributed by atoms with E-state index >= 15 is 0 Å². The molecule has 0 radical (unpaired) electrons. The molecule has 0 aromatic carbocycles. The molecule has 7 heteroatoms. The molecule has 0 amide bonds. The summed E-state index contributed by atoms with van der Waals surface area (Å²) in [4.78, 5) is 21.2. The normalized spacial score (nSPS) is 13.3. The molecule has 14 heavy (non-hydrogen) atoms. The van der Waals surface area contributed by atoms with Crippen LogP contribution in [0.4, 0.5) is 0 Å². The number of rotatable bonds is 5. The van der Waals surface area contributed by atoms with Gasteiger partial charge in [0.25, 0.3) is 0 Å². The number of esters is 1. The van der Waals surface area contributed by atoms with Crippen LogP contribution in [0, 0.1) is 0 Å². The van der Waals surface area contributed by atoms with Crippen LogP contribution in [0.5, 0.6) is 0 Å². The van der Waals surface area contributed by atoms with Gasteiger partial charge in [0, 0.05) is 0 Å². The van der Waals surface area contributed by atoms with Crippen LogP contribution in [-0.4, -0.2) is 43.6 Å². The number of sulfone groups is 1. The summed E-state index contributed by atoms with van der Waals surface area (Å²) >= 11 is 0. The van der Waals surface area contributed by atoms with Crippen molar-refractivity contribution in [2.24, 2.45) is 0 Å². The lowest BCUT2D eigenvalue weighted by molar-refractivity contribution is -0.137. The first-order chi connectivity index (χ1) is 6.35. The van der Waals surface area contributed by atoms with Crippen LogP contribution in [0.1, 0.15) is 13.3 Å². The summed E-state index contributed by atoms with van der Waals surface area (Å²) in [7, 11) is -2.92. The second-order valence-corrected chi connectivity index (χ2v) is 4.80. The third-order valence-electron chi connectivity index (χ3n) is 1.63. The van der Waals surface area contributed by atoms with E-state index in [1.807, 2.05) is 0 Å². The van der Waals surface area contributed by atoms with Crippen molar-refractivity contribution in [3.63, 3.8) is 0 Å². The van der Waals surface area contributed by atoms with Crippen LogP contribution in [0.2, 0.25) is 0 Å². The molecule has 1 N–H and O–H groups in total. The van der Waals surface area contributed by atoms with E-state index in [0.717, 1.165) is 7.11 Å². The largest absolute Gasteiger partial charge is 0.480 e. The molecule has 1 atom stereocenters. The summed E-state index contributed by atoms with van der Waals surface area (Å²) in [6, 6.07) is 0. The van der Waals surface area contributed by atoms with Gasteiger partial charge in [0.05, 0.1) is 7.11 Å². The fourth-order valence-electron chi connectivity index (χ4n) is 0.906. The van der Waals surface area contributed by atoms with Crippen LogP contribution in [0.15, 0.2) is 0 Å². The zero-order chi connectivity index (χ0) is 11.4. The van der Waals surface area contributed by atoms with Crippen molar-refractivity contribution in [1.29, 1.82) is 0 Å². The third-order valence-corrected chi connectivity index (χ3v) is 3.67. The topological polar surface area (TPSA) is 97.7 Å². The number of carboxylic acids is 1. The summed E-state index contributed by atoms with van der Waals surface area (Å²) in [5, 5.41) is 7.02. The number of carboxylic acid groups (broad SMARTS) is 1. The number of aliphatic carboxylic acids is 1. The summed E-state index contributed by atoms with van der Waals surface area (Å²) in [5.41, 5.74) is 0. The second-order valence-electron chi connectivity index (χ2n) is 2.62. The van der Waals surface area contributed by atoms with Gasteiger partial charge in [-0.1, -0.05) is 6.92 Å². The Hall–Kier alpha value is -1.11. The minimum atomic E-state index is -3.96. The number of carbonyl (C=O) groups is 2. The summed E-state index contributed by atoms with van der Waals surface area (Å²) in [6.45, 7) is 1.42. The van der Waals surface area contributed by atoms with Crippen LogP contribution in [0.25, 0.3) is 0 Å². The van der Waals surface area contributed by atoms with Gasteiger partial charge in [0.1, 0.15) is 5.75 Å². The average molecular weight is 224 g/mol. The number of methoxy groups -OCH3 is 1. The number of hydrogen-bond donors (Lipinski definition) is 1. The molecule has 1 unspecified atom stereocenters. The van der Waals surface area contributed by atoms with E-state index in [0.29, 0.717) is 0 Å². The predicted octanol–water partition coefficient (Wildman–Crippen LogP) is -0.563. The van der Waals surface area contributed by atoms with Crippen molar-refractivity contribution in [3.05, 3.63) is 0 Å². The molecule has 0 saturated carbocycles. The maximum Gasteiger partial charge on any atom is 0.321 e. The Morgan fingerprint density at radius 1 is 1.43 bits per heavy atom. The second kappa shape index (κ2) is 4.94. The first-order valence-corrected chi connectivity index (χ1v) is 5.57. The minimum absolute atomic E-state index is 0.0747. The monoisotopic (exact) mass is 224 g/mol. The molecule has 0 fully saturated rings. The summed E-state index contributed by atoms with van der Waals surface area (Å²) in [5.74, 6) is -3.30. The molecule has 0 aliphatic rings. The molecule has 0 spiro atoms. The first-order valence-electron chi connectivity index (χ1n) is 3.86. The fraction of sp³-hybridized carbons (Fsp3) is 0.714. The molecule has 6 nitrogen and oxygen atoms in total. The van der Waals surface area contributed by atoms with Gasteiger partial charge in [0.15, 0.2) is 15.1 Å². The van der Waals surface area contributed by atoms with Crippen molar-refractivity contribution in [3.8, 4) is 0 Å². The summed E-state index contributed by atoms with van der Waals surface area (Å²) in [6.07, 6.45) is -0.0747. The van der Waals surface area contributed by atoms with Crippen molar-refractivity contribution in [1.82, 2.24) is 0 Å². The van der Waals surface area contributed by atoms with Crippen molar-refractivity contribution in [2.45, 2.75) is 18.6 Å². The smallest absolute Gasteiger partial charge is 0.321 e. The van der Waals surface area contributed by atoms with E-state index in [2.05, 4.69) is 4.74 Å². The van der Waals surface area contributed by atoms with E-state index in [-0.39, 0.29) is 6.42 Å². The molecule has 0 aromatic rings. The zero-order valence-corrected chi connectivity index (χ0v) is 8.70. The molecule has 0 rings (SSSR count). The van der Waals surface area contributed by atoms with Gasteiger partial charge >= 0.3 is 11.9 Å². The standard InChI is InChI=1S/C7H12O6S/c1-3-5(7(9)10)14(11,12)4-6(8)13-2/h5H,3-4H2,1-2H3,(H,9,10). The minimum Gasteiger partial charge on any atom is -0.480 e. The molecular formula is C7H12O6S. The van der Waals surface area contributed by atoms with E-state index in [1.165, 1.54) is 6.92 Å². The molecule has 0 aliphatic carbocycles. The highest BCUT2D eigenvalue weighted by atomic mass is 32.2. The number of carbonyl (C=O) groups excluding carboxylic acids is 1. The number of hydrogen-bond acceptors (Lipinski definition) is 5. The van der Waals surface area contributed by atoms with Crippen LogP contribution < -0.4 is 0 Å². The quantitative estimate of drug-likeness (QED) is 0.628. The van der Waals surface area contributed by atoms with Gasteiger partial charge in [-0.05, 0) is 6.42 Å². The van der Waals surface area contributed by atoms with E-state index in [9.17, 15) is 18.0 Å². The highest BCUT2D eigenvalue weighted by Gasteiger charge is 2.32. The van der Waals surface area contributed by atoms with Crippen LogP contribution in [-0.2, 0) is 24.2 Å². The van der Waals surface area contributed by atoms with Gasteiger partial charge in [-0.25, -0.2) is 8.42 Å². The van der Waals surface area contributed by atoms with Gasteiger partial charge in [-0.2, -0.15) is 0 Å². The van der Waals surface area contributed by atoms with Crippen molar-refractivity contribution < 1.29 is 27.9 Å². The first kappa shape index (κ1) is 12.9.